The molecule has 21 nitrogen and oxygen atoms in total. The third kappa shape index (κ3) is 30.4. The Kier molecular flexibility index (Phi) is 37.1. The van der Waals surface area contributed by atoms with Gasteiger partial charge in [-0.2, -0.15) is 21.6 Å². The summed E-state index contributed by atoms with van der Waals surface area (Å²) in [6.45, 7) is 34.5. The van der Waals surface area contributed by atoms with Gasteiger partial charge in [0.15, 0.2) is 0 Å². The highest BCUT2D eigenvalue weighted by Crippen LogP contribution is 2.41. The summed E-state index contributed by atoms with van der Waals surface area (Å²) < 4.78 is 92.3. The van der Waals surface area contributed by atoms with Crippen LogP contribution in [0.1, 0.15) is 157 Å². The highest BCUT2D eigenvalue weighted by molar-refractivity contribution is 7.88. The average Bonchev–Trinajstić information content (AvgIpc) is 0.746. The molecule has 0 aromatic heterocycles. The Morgan fingerprint density at radius 3 is 1.12 bits per heavy atom. The first-order valence-electron chi connectivity index (χ1n) is 35.8. The predicted octanol–water partition coefficient (Wildman–Crippen LogP) is 13.9. The number of alkyl halides is 9. The van der Waals surface area contributed by atoms with Crippen molar-refractivity contribution in [3.8, 4) is 0 Å². The molecule has 7 atom stereocenters. The number of hydrazine groups is 2. The Morgan fingerprint density at radius 2 is 0.836 bits per heavy atom. The SMILES string of the molecule is C.CC(C)[C@H](CC(=O)OC(C)(C)C)C(=O)N[C@H](C(=O)N1CCC[C@@H](C(=O)OCC(Cl)(Cl)Cl)N1)[C@@H](C)O[Si](c1ccccc1)(c1ccccc1)C(C)(C)C.C[C@@H](O[Si](c1ccccc1)(c1ccccc1)C(C)(C)C)[C@H](CC(=O)OC(C)(C)C)C(=O)N1CCC[C@@H](C(=O)OCC(Cl)(Cl)Cl)N1.C[Si](C)(C)OS(=O)(=O)C(F)(F)F. The third-order valence-corrected chi connectivity index (χ3v) is 31.5. The molecule has 3 N–H and O–H groups in total. The Labute approximate surface area is 681 Å². The van der Waals surface area contributed by atoms with Crippen molar-refractivity contribution in [3.05, 3.63) is 121 Å². The molecule has 4 aromatic carbocycles. The zero-order valence-electron chi connectivity index (χ0n) is 65.5. The molecule has 0 aliphatic carbocycles. The molecule has 0 bridgehead atoms. The van der Waals surface area contributed by atoms with Crippen LogP contribution < -0.4 is 36.9 Å². The van der Waals surface area contributed by atoms with Crippen LogP contribution in [0.2, 0.25) is 29.7 Å². The minimum atomic E-state index is -5.39. The summed E-state index contributed by atoms with van der Waals surface area (Å²) in [4.78, 5) is 95.0. The molecule has 2 aliphatic heterocycles. The number of ether oxygens (including phenoxy) is 4. The van der Waals surface area contributed by atoms with E-state index in [-0.39, 0.29) is 43.7 Å². The number of amides is 3. The summed E-state index contributed by atoms with van der Waals surface area (Å²) in [6, 6.07) is 37.1. The smallest absolute Gasteiger partial charge is 0.460 e. The van der Waals surface area contributed by atoms with Crippen LogP contribution in [0.25, 0.3) is 0 Å². The number of rotatable bonds is 25. The number of halogens is 9. The van der Waals surface area contributed by atoms with E-state index in [0.717, 1.165) is 20.7 Å². The molecule has 2 aliphatic rings. The second kappa shape index (κ2) is 41.1. The lowest BCUT2D eigenvalue weighted by Gasteiger charge is -2.46. The molecule has 0 unspecified atom stereocenters. The normalized spacial score (nSPS) is 17.2. The summed E-state index contributed by atoms with van der Waals surface area (Å²) in [5.41, 5.74) is -0.828. The van der Waals surface area contributed by atoms with E-state index in [9.17, 15) is 55.2 Å². The van der Waals surface area contributed by atoms with Gasteiger partial charge in [-0.15, -0.1) is 0 Å². The Hall–Kier alpha value is -4.90. The van der Waals surface area contributed by atoms with E-state index in [0.29, 0.717) is 32.2 Å². The van der Waals surface area contributed by atoms with Gasteiger partial charge in [-0.25, -0.2) is 10.9 Å². The van der Waals surface area contributed by atoms with Gasteiger partial charge in [-0.3, -0.25) is 43.6 Å². The molecular weight excluding hydrogens is 1620 g/mol. The van der Waals surface area contributed by atoms with E-state index in [4.69, 9.17) is 97.4 Å². The molecule has 110 heavy (non-hydrogen) atoms. The minimum Gasteiger partial charge on any atom is -0.460 e. The van der Waals surface area contributed by atoms with E-state index >= 15 is 0 Å². The Bertz CT molecular complexity index is 3670. The number of benzene rings is 4. The standard InChI is InChI=1S/C38H54Cl3N3O7Si.C33H45Cl3N2O6Si.C4H9F3O3SSi.CH4/c1-25(2)29(23-31(45)50-36(4,5)6)33(46)42-32(34(47)44-22-16-21-30(43-44)35(48)49-24-38(39,40)41)26(3)51-52(37(7,8)9,27-17-12-10-13-18-27)28-19-14-11-15-20-28;1-23(44-45(32(5,6)7,24-15-10-8-11-16-24)25-17-12-9-13-18-25)26(21-28(39)43-31(2,3)4)29(40)38-20-14-19-27(37-38)30(41)42-22-33(34,35)36;1-12(2,3)10-11(8,9)4(5,6)7;/h10-15,17-20,25-26,29-30,32,43H,16,21-24H2,1-9H3,(H,42,46);8-13,15-18,23,26-27,37H,14,19-22H2,1-7H3;1-3H3;1H4/t26-,29+,30+,32+;23-,26+,27+;;/m11../s1. The van der Waals surface area contributed by atoms with Crippen molar-refractivity contribution in [1.29, 1.82) is 0 Å². The van der Waals surface area contributed by atoms with Crippen molar-refractivity contribution in [1.82, 2.24) is 26.2 Å². The fourth-order valence-electron chi connectivity index (χ4n) is 12.4. The van der Waals surface area contributed by atoms with Crippen LogP contribution in [0.5, 0.6) is 0 Å². The molecule has 34 heteroatoms. The van der Waals surface area contributed by atoms with Crippen LogP contribution in [0.15, 0.2) is 121 Å². The fraction of sp³-hybridized carbons (Fsp3) is 0.592. The topological polar surface area (TPSA) is 261 Å². The van der Waals surface area contributed by atoms with Crippen LogP contribution in [0, 0.1) is 17.8 Å². The first kappa shape index (κ1) is 99.3. The molecule has 6 rings (SSSR count). The first-order chi connectivity index (χ1) is 49.8. The summed E-state index contributed by atoms with van der Waals surface area (Å²) in [7, 11) is -14.4. The molecule has 0 radical (unpaired) electrons. The molecule has 0 saturated carbocycles. The number of carbonyl (C=O) groups is 7. The maximum absolute atomic E-state index is 14.6. The molecule has 618 valence electrons. The predicted molar refractivity (Wildman–Crippen MR) is 435 cm³/mol. The average molecular weight is 1740 g/mol. The van der Waals surface area contributed by atoms with Crippen LogP contribution >= 0.6 is 69.6 Å². The number of hydrogen-bond donors (Lipinski definition) is 3. The second-order valence-electron chi connectivity index (χ2n) is 32.2. The van der Waals surface area contributed by atoms with Gasteiger partial charge in [0.1, 0.15) is 42.5 Å². The monoisotopic (exact) mass is 1730 g/mol. The van der Waals surface area contributed by atoms with Crippen molar-refractivity contribution in [3.63, 3.8) is 0 Å². The Morgan fingerprint density at radius 1 is 0.518 bits per heavy atom. The van der Waals surface area contributed by atoms with Gasteiger partial charge in [0.25, 0.3) is 22.5 Å². The molecule has 3 amide bonds. The van der Waals surface area contributed by atoms with E-state index in [1.807, 2.05) is 118 Å². The van der Waals surface area contributed by atoms with Crippen molar-refractivity contribution in [2.45, 2.75) is 241 Å². The van der Waals surface area contributed by atoms with E-state index in [1.165, 1.54) is 29.7 Å². The first-order valence-corrected chi connectivity index (χ1v) is 46.7. The van der Waals surface area contributed by atoms with Crippen LogP contribution in [-0.4, -0.2) is 166 Å². The number of hydrogen-bond acceptors (Lipinski definition) is 18. The van der Waals surface area contributed by atoms with Crippen molar-refractivity contribution >= 4 is 167 Å². The second-order valence-corrected chi connectivity index (χ2v) is 52.0. The maximum Gasteiger partial charge on any atom is 0.522 e. The van der Waals surface area contributed by atoms with Gasteiger partial charge in [0.2, 0.25) is 27.7 Å². The molecule has 0 spiro atoms. The van der Waals surface area contributed by atoms with Crippen LogP contribution in [-0.2, 0) is 75.4 Å². The summed E-state index contributed by atoms with van der Waals surface area (Å²) in [5.74, 6) is -5.74. The van der Waals surface area contributed by atoms with Gasteiger partial charge in [-0.1, -0.05) is 254 Å². The van der Waals surface area contributed by atoms with Gasteiger partial charge < -0.3 is 37.0 Å². The van der Waals surface area contributed by atoms with Crippen LogP contribution in [0.3, 0.4) is 0 Å². The van der Waals surface area contributed by atoms with Crippen molar-refractivity contribution < 1.29 is 86.8 Å². The zero-order chi connectivity index (χ0) is 82.9. The number of nitrogens with one attached hydrogen (secondary N) is 3. The zero-order valence-corrected chi connectivity index (χ0v) is 73.8. The summed E-state index contributed by atoms with van der Waals surface area (Å²) in [5, 5.41) is 8.98. The summed E-state index contributed by atoms with van der Waals surface area (Å²) >= 11 is 34.6. The lowest BCUT2D eigenvalue weighted by Crippen LogP contribution is -2.70. The largest absolute Gasteiger partial charge is 0.522 e. The molecule has 2 saturated heterocycles. The van der Waals surface area contributed by atoms with Gasteiger partial charge in [0, 0.05) is 13.1 Å². The van der Waals surface area contributed by atoms with E-state index < -0.39 is 155 Å². The van der Waals surface area contributed by atoms with Crippen molar-refractivity contribution in [2.24, 2.45) is 17.8 Å². The number of esters is 4. The highest BCUT2D eigenvalue weighted by Gasteiger charge is 2.55. The number of carbonyl (C=O) groups excluding carboxylic acids is 7. The lowest BCUT2D eigenvalue weighted by molar-refractivity contribution is -0.163. The van der Waals surface area contributed by atoms with Crippen LogP contribution in [0.4, 0.5) is 13.2 Å². The fourth-order valence-corrected chi connectivity index (χ4v) is 25.2. The third-order valence-electron chi connectivity index (χ3n) is 17.1. The molecule has 2 heterocycles. The maximum atomic E-state index is 14.6. The minimum absolute atomic E-state index is 0. The summed E-state index contributed by atoms with van der Waals surface area (Å²) in [6.07, 6.45) is -0.197. The van der Waals surface area contributed by atoms with Crippen molar-refractivity contribution in [2.75, 3.05) is 26.3 Å². The van der Waals surface area contributed by atoms with E-state index in [1.54, 1.807) is 48.5 Å². The highest BCUT2D eigenvalue weighted by atomic mass is 35.6. The Balaban J connectivity index is 0.000000495. The molecule has 2 fully saturated rings. The van der Waals surface area contributed by atoms with E-state index in [2.05, 4.69) is 85.8 Å². The van der Waals surface area contributed by atoms with Gasteiger partial charge in [-0.05, 0) is 137 Å². The van der Waals surface area contributed by atoms with Gasteiger partial charge >= 0.3 is 39.5 Å². The number of nitrogens with zero attached hydrogens (tertiary/aromatic N) is 2. The quantitative estimate of drug-likeness (QED) is 0.0183. The molecular formula is C76H112Cl6F3N5O16SSi3. The lowest BCUT2D eigenvalue weighted by atomic mass is 9.91. The molecule has 4 aromatic rings. The van der Waals surface area contributed by atoms with Gasteiger partial charge in [0.05, 0.1) is 36.9 Å².